The molecule has 0 saturated heterocycles. The van der Waals surface area contributed by atoms with E-state index in [9.17, 15) is 14.4 Å². The van der Waals surface area contributed by atoms with Gasteiger partial charge in [0.2, 0.25) is 0 Å². The summed E-state index contributed by atoms with van der Waals surface area (Å²) in [6.07, 6.45) is 80.9. The minimum Gasteiger partial charge on any atom is -0.462 e. The van der Waals surface area contributed by atoms with Crippen molar-refractivity contribution in [3.05, 3.63) is 72.9 Å². The summed E-state index contributed by atoms with van der Waals surface area (Å²) >= 11 is 0. The minimum absolute atomic E-state index is 0.0742. The van der Waals surface area contributed by atoms with Crippen molar-refractivity contribution >= 4 is 17.9 Å². The summed E-state index contributed by atoms with van der Waals surface area (Å²) < 4.78 is 16.8. The molecule has 0 bridgehead atoms. The topological polar surface area (TPSA) is 78.9 Å². The van der Waals surface area contributed by atoms with Crippen molar-refractivity contribution in [1.29, 1.82) is 0 Å². The van der Waals surface area contributed by atoms with E-state index < -0.39 is 6.10 Å². The van der Waals surface area contributed by atoms with Gasteiger partial charge in [0, 0.05) is 19.3 Å². The Morgan fingerprint density at radius 3 is 0.838 bits per heavy atom. The summed E-state index contributed by atoms with van der Waals surface area (Å²) in [6, 6.07) is 0. The lowest BCUT2D eigenvalue weighted by molar-refractivity contribution is -0.167. The van der Waals surface area contributed by atoms with Crippen LogP contribution in [0.4, 0.5) is 0 Å². The van der Waals surface area contributed by atoms with Crippen molar-refractivity contribution in [2.75, 3.05) is 13.2 Å². The molecule has 0 heterocycles. The first kappa shape index (κ1) is 70.8. The van der Waals surface area contributed by atoms with Crippen LogP contribution in [-0.2, 0) is 28.6 Å². The van der Waals surface area contributed by atoms with E-state index in [1.807, 2.05) is 0 Å². The van der Waals surface area contributed by atoms with E-state index in [0.29, 0.717) is 19.3 Å². The third-order valence-corrected chi connectivity index (χ3v) is 13.9. The molecule has 0 aliphatic carbocycles. The van der Waals surface area contributed by atoms with Gasteiger partial charge in [-0.15, -0.1) is 0 Å². The number of rotatable bonds is 58. The fourth-order valence-corrected chi connectivity index (χ4v) is 9.17. The van der Waals surface area contributed by atoms with Crippen LogP contribution in [0, 0.1) is 0 Å². The quantitative estimate of drug-likeness (QED) is 0.0261. The van der Waals surface area contributed by atoms with Crippen molar-refractivity contribution in [2.24, 2.45) is 0 Å². The molecule has 0 rings (SSSR count). The molecule has 74 heavy (non-hydrogen) atoms. The van der Waals surface area contributed by atoms with Crippen LogP contribution in [0.3, 0.4) is 0 Å². The predicted molar refractivity (Wildman–Crippen MR) is 321 cm³/mol. The number of hydrogen-bond acceptors (Lipinski definition) is 6. The second kappa shape index (κ2) is 62.4. The van der Waals surface area contributed by atoms with E-state index in [-0.39, 0.29) is 31.1 Å². The van der Waals surface area contributed by atoms with Crippen LogP contribution in [-0.4, -0.2) is 37.2 Å². The Labute approximate surface area is 459 Å². The van der Waals surface area contributed by atoms with Crippen LogP contribution < -0.4 is 0 Å². The molecule has 6 heteroatoms. The van der Waals surface area contributed by atoms with Crippen molar-refractivity contribution in [3.8, 4) is 0 Å². The molecule has 1 atom stereocenters. The average molecular weight is 1030 g/mol. The van der Waals surface area contributed by atoms with E-state index in [1.165, 1.54) is 193 Å². The zero-order valence-corrected chi connectivity index (χ0v) is 49.1. The first-order valence-corrected chi connectivity index (χ1v) is 31.9. The Balaban J connectivity index is 4.08. The SMILES string of the molecule is CC/C=C\C/C=C\C/C=C\C/C=C\C/C=C\CCCCCCCCCCCCCC(=O)OCC(COC(=O)CCCCCCCC)OC(=O)CCCCCCCCCCCCC/C=C\CCCCCCCCCC. The Morgan fingerprint density at radius 1 is 0.284 bits per heavy atom. The van der Waals surface area contributed by atoms with Gasteiger partial charge in [0.25, 0.3) is 0 Å². The molecule has 0 radical (unpaired) electrons. The molecule has 0 aromatic heterocycles. The predicted octanol–water partition coefficient (Wildman–Crippen LogP) is 21.7. The van der Waals surface area contributed by atoms with Gasteiger partial charge in [-0.1, -0.05) is 286 Å². The molecule has 0 aliphatic rings. The molecule has 0 aliphatic heterocycles. The maximum atomic E-state index is 12.8. The first-order valence-electron chi connectivity index (χ1n) is 31.9. The highest BCUT2D eigenvalue weighted by atomic mass is 16.6. The van der Waals surface area contributed by atoms with Crippen molar-refractivity contribution in [3.63, 3.8) is 0 Å². The number of carbonyl (C=O) groups is 3. The Hall–Kier alpha value is -3.15. The minimum atomic E-state index is -0.773. The number of unbranched alkanes of at least 4 members (excludes halogenated alkanes) is 35. The third-order valence-electron chi connectivity index (χ3n) is 13.9. The normalized spacial score (nSPS) is 12.5. The second-order valence-corrected chi connectivity index (χ2v) is 21.3. The number of esters is 3. The van der Waals surface area contributed by atoms with Gasteiger partial charge in [-0.05, 0) is 89.9 Å². The van der Waals surface area contributed by atoms with Crippen LogP contribution in [0.15, 0.2) is 72.9 Å². The lowest BCUT2D eigenvalue weighted by Gasteiger charge is -2.18. The highest BCUT2D eigenvalue weighted by Gasteiger charge is 2.19. The molecule has 0 spiro atoms. The summed E-state index contributed by atoms with van der Waals surface area (Å²) in [5, 5.41) is 0. The van der Waals surface area contributed by atoms with Gasteiger partial charge in [-0.3, -0.25) is 14.4 Å². The van der Waals surface area contributed by atoms with Crippen molar-refractivity contribution in [1.82, 2.24) is 0 Å². The smallest absolute Gasteiger partial charge is 0.306 e. The molecule has 0 N–H and O–H groups in total. The van der Waals surface area contributed by atoms with Gasteiger partial charge in [0.1, 0.15) is 13.2 Å². The lowest BCUT2D eigenvalue weighted by Crippen LogP contribution is -2.30. The molecule has 0 aromatic carbocycles. The van der Waals surface area contributed by atoms with Crippen LogP contribution >= 0.6 is 0 Å². The molecule has 6 nitrogen and oxygen atoms in total. The average Bonchev–Trinajstić information content (AvgIpc) is 3.40. The summed E-state index contributed by atoms with van der Waals surface area (Å²) in [5.41, 5.74) is 0. The molecule has 0 fully saturated rings. The van der Waals surface area contributed by atoms with Gasteiger partial charge < -0.3 is 14.2 Å². The number of ether oxygens (including phenoxy) is 3. The number of hydrogen-bond donors (Lipinski definition) is 0. The van der Waals surface area contributed by atoms with Crippen LogP contribution in [0.25, 0.3) is 0 Å². The Morgan fingerprint density at radius 2 is 0.527 bits per heavy atom. The van der Waals surface area contributed by atoms with Crippen LogP contribution in [0.1, 0.15) is 323 Å². The standard InChI is InChI=1S/C68H120O6/c1-4-7-10-13-16-18-20-22-24-26-28-30-32-33-34-35-37-38-40-42-44-46-48-50-52-55-58-61-67(70)73-64-65(63-72-66(69)60-57-54-15-12-9-6-3)74-68(71)62-59-56-53-51-49-47-45-43-41-39-36-31-29-27-25-23-21-19-17-14-11-8-5-2/h7,10,16,18,22,24,27-30,33-34,65H,4-6,8-9,11-15,17,19-21,23,25-26,31-32,35-64H2,1-3H3/b10-7-,18-16-,24-22-,29-27-,30-28-,34-33-. The fourth-order valence-electron chi connectivity index (χ4n) is 9.17. The van der Waals surface area contributed by atoms with Gasteiger partial charge in [0.05, 0.1) is 0 Å². The van der Waals surface area contributed by atoms with Crippen molar-refractivity contribution in [2.45, 2.75) is 329 Å². The Bertz CT molecular complexity index is 1370. The lowest BCUT2D eigenvalue weighted by atomic mass is 10.0. The van der Waals surface area contributed by atoms with E-state index >= 15 is 0 Å². The molecule has 0 amide bonds. The van der Waals surface area contributed by atoms with Crippen LogP contribution in [0.2, 0.25) is 0 Å². The summed E-state index contributed by atoms with van der Waals surface area (Å²) in [7, 11) is 0. The van der Waals surface area contributed by atoms with E-state index in [0.717, 1.165) is 89.9 Å². The largest absolute Gasteiger partial charge is 0.462 e. The maximum absolute atomic E-state index is 12.8. The monoisotopic (exact) mass is 1030 g/mol. The molecular formula is C68H120O6. The summed E-state index contributed by atoms with van der Waals surface area (Å²) in [6.45, 7) is 6.50. The number of allylic oxidation sites excluding steroid dienone is 12. The third kappa shape index (κ3) is 59.7. The summed E-state index contributed by atoms with van der Waals surface area (Å²) in [4.78, 5) is 38.0. The first-order chi connectivity index (χ1) is 36.5. The molecule has 1 unspecified atom stereocenters. The van der Waals surface area contributed by atoms with Gasteiger partial charge in [0.15, 0.2) is 6.10 Å². The fraction of sp³-hybridized carbons (Fsp3) is 0.779. The Kier molecular flexibility index (Phi) is 59.7. The zero-order chi connectivity index (χ0) is 53.6. The van der Waals surface area contributed by atoms with Crippen LogP contribution in [0.5, 0.6) is 0 Å². The highest BCUT2D eigenvalue weighted by Crippen LogP contribution is 2.17. The molecule has 428 valence electrons. The van der Waals surface area contributed by atoms with Gasteiger partial charge in [-0.2, -0.15) is 0 Å². The van der Waals surface area contributed by atoms with E-state index in [4.69, 9.17) is 14.2 Å². The van der Waals surface area contributed by atoms with E-state index in [1.54, 1.807) is 0 Å². The van der Waals surface area contributed by atoms with E-state index in [2.05, 4.69) is 93.7 Å². The second-order valence-electron chi connectivity index (χ2n) is 21.3. The summed E-state index contributed by atoms with van der Waals surface area (Å²) in [5.74, 6) is -0.875. The van der Waals surface area contributed by atoms with Gasteiger partial charge in [-0.25, -0.2) is 0 Å². The highest BCUT2D eigenvalue weighted by molar-refractivity contribution is 5.71. The van der Waals surface area contributed by atoms with Crippen molar-refractivity contribution < 1.29 is 28.6 Å². The zero-order valence-electron chi connectivity index (χ0n) is 49.1. The molecule has 0 aromatic rings. The molecule has 0 saturated carbocycles. The maximum Gasteiger partial charge on any atom is 0.306 e. The van der Waals surface area contributed by atoms with Gasteiger partial charge >= 0.3 is 17.9 Å². The molecular weight excluding hydrogens is 913 g/mol. The number of carbonyl (C=O) groups excluding carboxylic acids is 3.